The molecule has 0 radical (unpaired) electrons. The first-order chi connectivity index (χ1) is 13.9. The molecule has 0 atom stereocenters. The molecule has 29 heavy (non-hydrogen) atoms. The van der Waals surface area contributed by atoms with Crippen molar-refractivity contribution in [2.75, 3.05) is 33.4 Å². The third kappa shape index (κ3) is 5.06. The van der Waals surface area contributed by atoms with Crippen LogP contribution < -0.4 is 9.47 Å². The van der Waals surface area contributed by atoms with Crippen LogP contribution in [0.4, 0.5) is 4.79 Å². The van der Waals surface area contributed by atoms with Crippen molar-refractivity contribution in [1.82, 2.24) is 9.80 Å². The van der Waals surface area contributed by atoms with Gasteiger partial charge in [-0.05, 0) is 84.3 Å². The fourth-order valence-electron chi connectivity index (χ4n) is 3.27. The number of ether oxygens (including phenoxy) is 2. The van der Waals surface area contributed by atoms with Gasteiger partial charge < -0.3 is 14.4 Å². The Balaban J connectivity index is 1.77. The highest BCUT2D eigenvalue weighted by Gasteiger charge is 2.37. The molecule has 0 saturated carbocycles. The highest BCUT2D eigenvalue weighted by Crippen LogP contribution is 2.37. The minimum Gasteiger partial charge on any atom is -0.493 e. The third-order valence-corrected chi connectivity index (χ3v) is 6.42. The number of methoxy groups -OCH3 is 1. The van der Waals surface area contributed by atoms with E-state index in [0.29, 0.717) is 36.1 Å². The van der Waals surface area contributed by atoms with Gasteiger partial charge in [-0.1, -0.05) is 0 Å². The average Bonchev–Trinajstić information content (AvgIpc) is 2.97. The minimum absolute atomic E-state index is 0.175. The number of nitrogens with zero attached hydrogens (tertiary/aromatic N) is 2. The number of imide groups is 1. The summed E-state index contributed by atoms with van der Waals surface area (Å²) < 4.78 is 11.8. The Morgan fingerprint density at radius 3 is 2.62 bits per heavy atom. The van der Waals surface area contributed by atoms with Crippen LogP contribution in [0.15, 0.2) is 17.0 Å². The summed E-state index contributed by atoms with van der Waals surface area (Å²) in [7, 11) is 1.55. The van der Waals surface area contributed by atoms with Gasteiger partial charge in [-0.2, -0.15) is 0 Å². The lowest BCUT2D eigenvalue weighted by Gasteiger charge is -2.27. The topological polar surface area (TPSA) is 76.2 Å². The third-order valence-electron chi connectivity index (χ3n) is 4.71. The molecule has 2 aliphatic rings. The van der Waals surface area contributed by atoms with E-state index in [1.165, 1.54) is 0 Å². The molecule has 0 aromatic heterocycles. The SMILES string of the molecule is CCOc1c(I)cc(/C=C2\SC(=O)N(CC(=O)N3CCCCC3)C2=O)cc1OC. The Morgan fingerprint density at radius 1 is 1.24 bits per heavy atom. The Labute approximate surface area is 187 Å². The predicted octanol–water partition coefficient (Wildman–Crippen LogP) is 3.75. The molecule has 0 bridgehead atoms. The predicted molar refractivity (Wildman–Crippen MR) is 120 cm³/mol. The second-order valence-corrected chi connectivity index (χ2v) is 8.83. The van der Waals surface area contributed by atoms with Gasteiger partial charge in [0.15, 0.2) is 11.5 Å². The van der Waals surface area contributed by atoms with Gasteiger partial charge in [0.25, 0.3) is 11.1 Å². The van der Waals surface area contributed by atoms with Crippen molar-refractivity contribution < 1.29 is 23.9 Å². The van der Waals surface area contributed by atoms with Gasteiger partial charge in [0.1, 0.15) is 6.54 Å². The Hall–Kier alpha value is -1.75. The van der Waals surface area contributed by atoms with E-state index < -0.39 is 11.1 Å². The Bertz CT molecular complexity index is 852. The molecule has 3 amide bonds. The summed E-state index contributed by atoms with van der Waals surface area (Å²) in [6, 6.07) is 3.63. The maximum absolute atomic E-state index is 12.7. The fourth-order valence-corrected chi connectivity index (χ4v) is 4.89. The highest BCUT2D eigenvalue weighted by atomic mass is 127. The van der Waals surface area contributed by atoms with Gasteiger partial charge in [-0.3, -0.25) is 19.3 Å². The molecule has 0 spiro atoms. The molecule has 3 rings (SSSR count). The highest BCUT2D eigenvalue weighted by molar-refractivity contribution is 14.1. The molecule has 7 nitrogen and oxygen atoms in total. The molecule has 1 aromatic rings. The van der Waals surface area contributed by atoms with E-state index in [9.17, 15) is 14.4 Å². The molecule has 0 aliphatic carbocycles. The summed E-state index contributed by atoms with van der Waals surface area (Å²) in [6.07, 6.45) is 4.69. The molecule has 0 unspecified atom stereocenters. The number of piperidine rings is 1. The van der Waals surface area contributed by atoms with Gasteiger partial charge in [0.05, 0.1) is 22.2 Å². The van der Waals surface area contributed by atoms with Crippen molar-refractivity contribution in [3.63, 3.8) is 0 Å². The van der Waals surface area contributed by atoms with Gasteiger partial charge in [0, 0.05) is 13.1 Å². The van der Waals surface area contributed by atoms with Crippen LogP contribution >= 0.6 is 34.4 Å². The molecular weight excluding hydrogens is 507 g/mol. The van der Waals surface area contributed by atoms with Crippen molar-refractivity contribution >= 4 is 57.5 Å². The molecule has 156 valence electrons. The van der Waals surface area contributed by atoms with Crippen molar-refractivity contribution in [3.8, 4) is 11.5 Å². The van der Waals surface area contributed by atoms with Crippen LogP contribution in [-0.4, -0.2) is 60.2 Å². The standard InChI is InChI=1S/C20H23IN2O5S/c1-3-28-18-14(21)9-13(10-15(18)27-2)11-16-19(25)23(20(26)29-16)12-17(24)22-7-5-4-6-8-22/h9-11H,3-8,12H2,1-2H3/b16-11-. The average molecular weight is 530 g/mol. The number of hydrogen-bond donors (Lipinski definition) is 0. The van der Waals surface area contributed by atoms with E-state index in [0.717, 1.165) is 45.1 Å². The number of rotatable bonds is 6. The molecule has 1 aromatic carbocycles. The summed E-state index contributed by atoms with van der Waals surface area (Å²) in [5.41, 5.74) is 0.725. The zero-order chi connectivity index (χ0) is 21.0. The van der Waals surface area contributed by atoms with Crippen LogP contribution in [0.5, 0.6) is 11.5 Å². The second kappa shape index (κ2) is 9.84. The number of carbonyl (C=O) groups excluding carboxylic acids is 3. The summed E-state index contributed by atoms with van der Waals surface area (Å²) in [4.78, 5) is 40.6. The lowest BCUT2D eigenvalue weighted by atomic mass is 10.1. The monoisotopic (exact) mass is 530 g/mol. The van der Waals surface area contributed by atoms with Gasteiger partial charge in [-0.15, -0.1) is 0 Å². The molecule has 2 heterocycles. The van der Waals surface area contributed by atoms with Crippen molar-refractivity contribution in [3.05, 3.63) is 26.2 Å². The van der Waals surface area contributed by atoms with Crippen molar-refractivity contribution in [2.45, 2.75) is 26.2 Å². The van der Waals surface area contributed by atoms with E-state index in [1.54, 1.807) is 24.2 Å². The van der Waals surface area contributed by atoms with E-state index >= 15 is 0 Å². The van der Waals surface area contributed by atoms with E-state index in [-0.39, 0.29) is 12.5 Å². The van der Waals surface area contributed by atoms with Crippen LogP contribution in [0, 0.1) is 3.57 Å². The molecule has 2 aliphatic heterocycles. The first-order valence-corrected chi connectivity index (χ1v) is 11.4. The second-order valence-electron chi connectivity index (χ2n) is 6.68. The Morgan fingerprint density at radius 2 is 1.97 bits per heavy atom. The maximum atomic E-state index is 12.7. The first kappa shape index (κ1) is 21.9. The van der Waals surface area contributed by atoms with Crippen LogP contribution in [0.3, 0.4) is 0 Å². The summed E-state index contributed by atoms with van der Waals surface area (Å²) in [5.74, 6) is 0.594. The van der Waals surface area contributed by atoms with E-state index in [2.05, 4.69) is 22.6 Å². The molecule has 2 fully saturated rings. The fraction of sp³-hybridized carbons (Fsp3) is 0.450. The number of hydrogen-bond acceptors (Lipinski definition) is 6. The van der Waals surface area contributed by atoms with Gasteiger partial charge in [0.2, 0.25) is 5.91 Å². The lowest BCUT2D eigenvalue weighted by Crippen LogP contribution is -2.44. The number of amides is 3. The smallest absolute Gasteiger partial charge is 0.294 e. The van der Waals surface area contributed by atoms with Crippen molar-refractivity contribution in [2.24, 2.45) is 0 Å². The summed E-state index contributed by atoms with van der Waals surface area (Å²) in [6.45, 7) is 3.58. The number of thioether (sulfide) groups is 1. The number of carbonyl (C=O) groups is 3. The van der Waals surface area contributed by atoms with Crippen molar-refractivity contribution in [1.29, 1.82) is 0 Å². The van der Waals surface area contributed by atoms with E-state index in [4.69, 9.17) is 9.47 Å². The van der Waals surface area contributed by atoms with Crippen LogP contribution in [0.25, 0.3) is 6.08 Å². The maximum Gasteiger partial charge on any atom is 0.294 e. The number of halogens is 1. The molecule has 0 N–H and O–H groups in total. The molecule has 2 saturated heterocycles. The van der Waals surface area contributed by atoms with Gasteiger partial charge in [-0.25, -0.2) is 0 Å². The zero-order valence-corrected chi connectivity index (χ0v) is 19.4. The van der Waals surface area contributed by atoms with Crippen LogP contribution in [0.1, 0.15) is 31.7 Å². The zero-order valence-electron chi connectivity index (χ0n) is 16.4. The largest absolute Gasteiger partial charge is 0.493 e. The van der Waals surface area contributed by atoms with Crippen LogP contribution in [-0.2, 0) is 9.59 Å². The first-order valence-electron chi connectivity index (χ1n) is 9.48. The lowest BCUT2D eigenvalue weighted by molar-refractivity contribution is -0.136. The quantitative estimate of drug-likeness (QED) is 0.412. The Kier molecular flexibility index (Phi) is 7.44. The minimum atomic E-state index is -0.437. The summed E-state index contributed by atoms with van der Waals surface area (Å²) in [5, 5.41) is -0.417. The molecular formula is C20H23IN2O5S. The normalized spacial score (nSPS) is 18.5. The summed E-state index contributed by atoms with van der Waals surface area (Å²) >= 11 is 3.00. The van der Waals surface area contributed by atoms with Gasteiger partial charge >= 0.3 is 0 Å². The number of benzene rings is 1. The van der Waals surface area contributed by atoms with E-state index in [1.807, 2.05) is 13.0 Å². The number of likely N-dealkylation sites (tertiary alicyclic amines) is 1. The molecule has 9 heteroatoms. The van der Waals surface area contributed by atoms with Crippen LogP contribution in [0.2, 0.25) is 0 Å².